The number of nitrogens with one attached hydrogen (secondary N) is 1. The number of anilines is 1. The van der Waals surface area contributed by atoms with E-state index in [-0.39, 0.29) is 23.3 Å². The summed E-state index contributed by atoms with van der Waals surface area (Å²) in [5.41, 5.74) is 7.52. The Bertz CT molecular complexity index is 740. The van der Waals surface area contributed by atoms with Gasteiger partial charge in [0.15, 0.2) is 0 Å². The first-order valence-electron chi connectivity index (χ1n) is 11.6. The number of carbonyl (C=O) groups excluding carboxylic acids is 2. The minimum Gasteiger partial charge on any atom is -0.378 e. The number of benzene rings is 1. The zero-order chi connectivity index (χ0) is 22.3. The smallest absolute Gasteiger partial charge is 0.322 e. The maximum Gasteiger partial charge on any atom is 0.322 e. The third-order valence-electron chi connectivity index (χ3n) is 6.36. The Kier molecular flexibility index (Phi) is 8.32. The van der Waals surface area contributed by atoms with Gasteiger partial charge in [0.2, 0.25) is 5.91 Å². The predicted molar refractivity (Wildman–Crippen MR) is 123 cm³/mol. The molecule has 1 aromatic rings. The molecule has 0 unspecified atom stereocenters. The first-order chi connectivity index (χ1) is 14.9. The van der Waals surface area contributed by atoms with Crippen molar-refractivity contribution in [2.24, 2.45) is 17.1 Å². The van der Waals surface area contributed by atoms with Gasteiger partial charge in [-0.15, -0.1) is 0 Å². The average molecular weight is 431 g/mol. The fraction of sp³-hybridized carbons (Fsp3) is 0.667. The van der Waals surface area contributed by atoms with Gasteiger partial charge in [-0.1, -0.05) is 51.3 Å². The number of amides is 3. The normalized spacial score (nSPS) is 18.0. The van der Waals surface area contributed by atoms with Crippen LogP contribution in [0.4, 0.5) is 10.5 Å². The van der Waals surface area contributed by atoms with Crippen LogP contribution < -0.4 is 11.1 Å². The highest BCUT2D eigenvalue weighted by Gasteiger charge is 2.30. The molecule has 1 aliphatic heterocycles. The van der Waals surface area contributed by atoms with Gasteiger partial charge < -0.3 is 25.6 Å². The molecule has 0 atom stereocenters. The van der Waals surface area contributed by atoms with Crippen LogP contribution in [-0.4, -0.2) is 61.1 Å². The summed E-state index contributed by atoms with van der Waals surface area (Å²) in [7, 11) is 0. The van der Waals surface area contributed by atoms with Crippen LogP contribution in [0.15, 0.2) is 24.3 Å². The number of carbonyl (C=O) groups is 2. The fourth-order valence-corrected chi connectivity index (χ4v) is 4.35. The zero-order valence-corrected chi connectivity index (χ0v) is 19.1. The third kappa shape index (κ3) is 6.68. The molecule has 172 valence electrons. The van der Waals surface area contributed by atoms with Gasteiger partial charge in [-0.2, -0.15) is 0 Å². The van der Waals surface area contributed by atoms with Crippen molar-refractivity contribution in [1.29, 1.82) is 0 Å². The summed E-state index contributed by atoms with van der Waals surface area (Å²) in [6.07, 6.45) is 5.39. The molecule has 1 saturated heterocycles. The second-order valence-electron chi connectivity index (χ2n) is 9.58. The Hall–Kier alpha value is -2.12. The Balaban J connectivity index is 1.76. The molecular weight excluding hydrogens is 392 g/mol. The van der Waals surface area contributed by atoms with Crippen molar-refractivity contribution < 1.29 is 14.3 Å². The average Bonchev–Trinajstić information content (AvgIpc) is 2.80. The molecule has 0 bridgehead atoms. The molecule has 2 fully saturated rings. The van der Waals surface area contributed by atoms with Crippen LogP contribution in [0.5, 0.6) is 0 Å². The predicted octanol–water partition coefficient (Wildman–Crippen LogP) is 3.44. The van der Waals surface area contributed by atoms with Gasteiger partial charge in [0.25, 0.3) is 0 Å². The minimum absolute atomic E-state index is 0.0948. The van der Waals surface area contributed by atoms with Gasteiger partial charge in [-0.25, -0.2) is 4.79 Å². The van der Waals surface area contributed by atoms with E-state index in [0.29, 0.717) is 45.9 Å². The van der Waals surface area contributed by atoms with Crippen LogP contribution >= 0.6 is 0 Å². The van der Waals surface area contributed by atoms with Gasteiger partial charge >= 0.3 is 6.03 Å². The number of rotatable bonds is 7. The van der Waals surface area contributed by atoms with E-state index in [4.69, 9.17) is 10.5 Å². The summed E-state index contributed by atoms with van der Waals surface area (Å²) in [5, 5.41) is 3.05. The Labute approximate surface area is 186 Å². The molecule has 7 heteroatoms. The lowest BCUT2D eigenvalue weighted by atomic mass is 9.86. The Morgan fingerprint density at radius 2 is 1.84 bits per heavy atom. The van der Waals surface area contributed by atoms with E-state index in [1.54, 1.807) is 4.90 Å². The summed E-state index contributed by atoms with van der Waals surface area (Å²) >= 11 is 0. The van der Waals surface area contributed by atoms with Crippen molar-refractivity contribution in [2.45, 2.75) is 52.5 Å². The highest BCUT2D eigenvalue weighted by molar-refractivity contribution is 5.90. The summed E-state index contributed by atoms with van der Waals surface area (Å²) in [5.74, 6) is 0.313. The molecule has 1 saturated carbocycles. The molecule has 3 rings (SSSR count). The van der Waals surface area contributed by atoms with Crippen molar-refractivity contribution in [2.75, 3.05) is 44.7 Å². The second kappa shape index (κ2) is 11.0. The van der Waals surface area contributed by atoms with Crippen LogP contribution in [0.1, 0.15) is 51.5 Å². The molecule has 3 amide bonds. The van der Waals surface area contributed by atoms with Crippen LogP contribution in [0.3, 0.4) is 0 Å². The molecule has 1 heterocycles. The lowest BCUT2D eigenvalue weighted by Gasteiger charge is -2.35. The van der Waals surface area contributed by atoms with E-state index >= 15 is 0 Å². The first-order valence-corrected chi connectivity index (χ1v) is 11.6. The summed E-state index contributed by atoms with van der Waals surface area (Å²) in [4.78, 5) is 29.9. The van der Waals surface area contributed by atoms with Gasteiger partial charge in [0.1, 0.15) is 0 Å². The van der Waals surface area contributed by atoms with Crippen molar-refractivity contribution >= 4 is 17.6 Å². The Morgan fingerprint density at radius 1 is 1.16 bits per heavy atom. The molecule has 0 radical (unpaired) electrons. The largest absolute Gasteiger partial charge is 0.378 e. The fourth-order valence-electron chi connectivity index (χ4n) is 4.35. The van der Waals surface area contributed by atoms with Crippen LogP contribution in [-0.2, 0) is 16.1 Å². The highest BCUT2D eigenvalue weighted by Crippen LogP contribution is 2.29. The molecular formula is C24H38N4O3. The lowest BCUT2D eigenvalue weighted by molar-refractivity contribution is -0.138. The van der Waals surface area contributed by atoms with Gasteiger partial charge in [0.05, 0.1) is 13.2 Å². The second-order valence-corrected chi connectivity index (χ2v) is 9.58. The van der Waals surface area contributed by atoms with E-state index in [0.717, 1.165) is 36.9 Å². The summed E-state index contributed by atoms with van der Waals surface area (Å²) in [6.45, 7) is 8.08. The monoisotopic (exact) mass is 430 g/mol. The lowest BCUT2D eigenvalue weighted by Crippen LogP contribution is -2.45. The quantitative estimate of drug-likeness (QED) is 0.694. The SMILES string of the molecule is CC(C)(CN)CN(Cc1ccccc1NC(=O)N1CCOCC1)C(=O)C1CCCCC1. The topological polar surface area (TPSA) is 87.9 Å². The molecule has 7 nitrogen and oxygen atoms in total. The number of nitrogens with zero attached hydrogens (tertiary/aromatic N) is 2. The maximum atomic E-state index is 13.5. The third-order valence-corrected chi connectivity index (χ3v) is 6.36. The van der Waals surface area contributed by atoms with Crippen LogP contribution in [0.25, 0.3) is 0 Å². The minimum atomic E-state index is -0.170. The number of hydrogen-bond acceptors (Lipinski definition) is 4. The summed E-state index contributed by atoms with van der Waals surface area (Å²) < 4.78 is 5.34. The van der Waals surface area contributed by atoms with Crippen molar-refractivity contribution in [1.82, 2.24) is 9.80 Å². The number of nitrogens with two attached hydrogens (primary N) is 1. The van der Waals surface area contributed by atoms with E-state index in [2.05, 4.69) is 19.2 Å². The molecule has 3 N–H and O–H groups in total. The number of urea groups is 1. The van der Waals surface area contributed by atoms with Crippen molar-refractivity contribution in [3.05, 3.63) is 29.8 Å². The van der Waals surface area contributed by atoms with Gasteiger partial charge in [-0.05, 0) is 36.4 Å². The van der Waals surface area contributed by atoms with Crippen LogP contribution in [0, 0.1) is 11.3 Å². The van der Waals surface area contributed by atoms with E-state index in [9.17, 15) is 9.59 Å². The highest BCUT2D eigenvalue weighted by atomic mass is 16.5. The molecule has 0 aromatic heterocycles. The Morgan fingerprint density at radius 3 is 2.52 bits per heavy atom. The van der Waals surface area contributed by atoms with Crippen LogP contribution in [0.2, 0.25) is 0 Å². The standard InChI is InChI=1S/C24H38N4O3/c1-24(2,17-25)18-28(22(29)19-8-4-3-5-9-19)16-20-10-6-7-11-21(20)26-23(30)27-12-14-31-15-13-27/h6-7,10-11,19H,3-5,8-9,12-18,25H2,1-2H3,(H,26,30). The number of para-hydroxylation sites is 1. The van der Waals surface area contributed by atoms with E-state index in [1.165, 1.54) is 6.42 Å². The van der Waals surface area contributed by atoms with Gasteiger partial charge in [0, 0.05) is 37.8 Å². The van der Waals surface area contributed by atoms with E-state index < -0.39 is 0 Å². The van der Waals surface area contributed by atoms with Crippen molar-refractivity contribution in [3.8, 4) is 0 Å². The molecule has 31 heavy (non-hydrogen) atoms. The number of ether oxygens (including phenoxy) is 1. The molecule has 0 spiro atoms. The number of morpholine rings is 1. The van der Waals surface area contributed by atoms with Gasteiger partial charge in [-0.3, -0.25) is 4.79 Å². The molecule has 2 aliphatic rings. The maximum absolute atomic E-state index is 13.5. The molecule has 1 aromatic carbocycles. The number of hydrogen-bond donors (Lipinski definition) is 2. The molecule has 1 aliphatic carbocycles. The summed E-state index contributed by atoms with van der Waals surface area (Å²) in [6, 6.07) is 7.64. The zero-order valence-electron chi connectivity index (χ0n) is 19.1. The van der Waals surface area contributed by atoms with E-state index in [1.807, 2.05) is 29.2 Å². The first kappa shape index (κ1) is 23.5. The van der Waals surface area contributed by atoms with Crippen molar-refractivity contribution in [3.63, 3.8) is 0 Å².